The lowest BCUT2D eigenvalue weighted by molar-refractivity contribution is -0.140. The Bertz CT molecular complexity index is 576. The van der Waals surface area contributed by atoms with Gasteiger partial charge in [-0.2, -0.15) is 13.2 Å². The van der Waals surface area contributed by atoms with Crippen LogP contribution >= 0.6 is 11.3 Å². The van der Waals surface area contributed by atoms with Crippen LogP contribution in [0.5, 0.6) is 0 Å². The number of carbonyl (C=O) groups excluding carboxylic acids is 1. The monoisotopic (exact) mass is 261 g/mol. The van der Waals surface area contributed by atoms with Crippen LogP contribution in [0.3, 0.4) is 0 Å². The summed E-state index contributed by atoms with van der Waals surface area (Å²) in [6.45, 7) is 0. The second-order valence-electron chi connectivity index (χ2n) is 3.19. The SMILES string of the molecule is COC(=O)c1cc2ccc(C(F)(F)F)nc2s1. The molecule has 2 heterocycles. The fraction of sp³-hybridized carbons (Fsp3) is 0.200. The number of halogens is 3. The highest BCUT2D eigenvalue weighted by Gasteiger charge is 2.32. The van der Waals surface area contributed by atoms with Crippen molar-refractivity contribution in [1.82, 2.24) is 4.98 Å². The van der Waals surface area contributed by atoms with Crippen molar-refractivity contribution in [3.63, 3.8) is 0 Å². The summed E-state index contributed by atoms with van der Waals surface area (Å²) in [4.78, 5) is 15.1. The van der Waals surface area contributed by atoms with Crippen LogP contribution in [0.1, 0.15) is 15.4 Å². The van der Waals surface area contributed by atoms with E-state index in [4.69, 9.17) is 0 Å². The van der Waals surface area contributed by atoms with Crippen LogP contribution in [0.15, 0.2) is 18.2 Å². The van der Waals surface area contributed by atoms with E-state index < -0.39 is 17.8 Å². The van der Waals surface area contributed by atoms with Gasteiger partial charge in [-0.15, -0.1) is 11.3 Å². The van der Waals surface area contributed by atoms with Crippen molar-refractivity contribution >= 4 is 27.5 Å². The summed E-state index contributed by atoms with van der Waals surface area (Å²) >= 11 is 0.875. The molecule has 2 aromatic rings. The number of ether oxygens (including phenoxy) is 1. The molecule has 0 radical (unpaired) electrons. The lowest BCUT2D eigenvalue weighted by atomic mass is 10.3. The summed E-state index contributed by atoms with van der Waals surface area (Å²) in [5.41, 5.74) is -0.969. The van der Waals surface area contributed by atoms with Crippen LogP contribution in [0.2, 0.25) is 0 Å². The molecule has 0 aliphatic carbocycles. The highest BCUT2D eigenvalue weighted by atomic mass is 32.1. The normalized spacial score (nSPS) is 11.8. The molecule has 0 saturated carbocycles. The van der Waals surface area contributed by atoms with Crippen LogP contribution in [-0.2, 0) is 10.9 Å². The number of pyridine rings is 1. The van der Waals surface area contributed by atoms with Gasteiger partial charge >= 0.3 is 12.1 Å². The van der Waals surface area contributed by atoms with Crippen LogP contribution < -0.4 is 0 Å². The van der Waals surface area contributed by atoms with E-state index >= 15 is 0 Å². The highest BCUT2D eigenvalue weighted by molar-refractivity contribution is 7.20. The quantitative estimate of drug-likeness (QED) is 0.740. The van der Waals surface area contributed by atoms with Crippen molar-refractivity contribution in [3.05, 3.63) is 28.8 Å². The average Bonchev–Trinajstić information content (AvgIpc) is 2.69. The smallest absolute Gasteiger partial charge is 0.433 e. The average molecular weight is 261 g/mol. The van der Waals surface area contributed by atoms with Crippen molar-refractivity contribution in [2.45, 2.75) is 6.18 Å². The molecule has 0 aliphatic rings. The predicted molar refractivity (Wildman–Crippen MR) is 56.0 cm³/mol. The molecule has 90 valence electrons. The molecule has 0 N–H and O–H groups in total. The van der Waals surface area contributed by atoms with Gasteiger partial charge in [0.2, 0.25) is 0 Å². The van der Waals surface area contributed by atoms with Crippen molar-refractivity contribution in [2.24, 2.45) is 0 Å². The van der Waals surface area contributed by atoms with E-state index in [1.54, 1.807) is 0 Å². The molecule has 7 heteroatoms. The molecule has 0 aromatic carbocycles. The number of alkyl halides is 3. The van der Waals surface area contributed by atoms with E-state index in [9.17, 15) is 18.0 Å². The van der Waals surface area contributed by atoms with E-state index in [0.29, 0.717) is 5.39 Å². The van der Waals surface area contributed by atoms with Crippen molar-refractivity contribution in [3.8, 4) is 0 Å². The molecule has 0 aliphatic heterocycles. The van der Waals surface area contributed by atoms with Gasteiger partial charge in [0.15, 0.2) is 0 Å². The van der Waals surface area contributed by atoms with Crippen molar-refractivity contribution in [2.75, 3.05) is 7.11 Å². The first kappa shape index (κ1) is 11.8. The molecular weight excluding hydrogens is 255 g/mol. The van der Waals surface area contributed by atoms with E-state index in [-0.39, 0.29) is 9.71 Å². The number of hydrogen-bond donors (Lipinski definition) is 0. The maximum atomic E-state index is 12.4. The van der Waals surface area contributed by atoms with Gasteiger partial charge in [0.25, 0.3) is 0 Å². The minimum absolute atomic E-state index is 0.167. The topological polar surface area (TPSA) is 39.2 Å². The Morgan fingerprint density at radius 2 is 2.12 bits per heavy atom. The van der Waals surface area contributed by atoms with Crippen molar-refractivity contribution in [1.29, 1.82) is 0 Å². The van der Waals surface area contributed by atoms with Gasteiger partial charge in [0.1, 0.15) is 15.4 Å². The van der Waals surface area contributed by atoms with Crippen LogP contribution in [0.4, 0.5) is 13.2 Å². The van der Waals surface area contributed by atoms with E-state index in [1.807, 2.05) is 0 Å². The Balaban J connectivity index is 2.52. The fourth-order valence-electron chi connectivity index (χ4n) is 1.28. The Labute approximate surface area is 97.8 Å². The Morgan fingerprint density at radius 1 is 1.41 bits per heavy atom. The summed E-state index contributed by atoms with van der Waals surface area (Å²) in [5.74, 6) is -0.582. The number of esters is 1. The largest absolute Gasteiger partial charge is 0.465 e. The van der Waals surface area contributed by atoms with Gasteiger partial charge in [0.05, 0.1) is 7.11 Å². The standard InChI is InChI=1S/C10H6F3NO2S/c1-16-9(15)6-4-5-2-3-7(10(11,12)13)14-8(5)17-6/h2-4H,1H3. The molecular formula is C10H6F3NO2S. The zero-order chi connectivity index (χ0) is 12.6. The zero-order valence-corrected chi connectivity index (χ0v) is 9.35. The lowest BCUT2D eigenvalue weighted by Crippen LogP contribution is -2.06. The third-order valence-corrected chi connectivity index (χ3v) is 3.08. The molecule has 2 rings (SSSR count). The molecule has 0 amide bonds. The fourth-order valence-corrected chi connectivity index (χ4v) is 2.23. The molecule has 17 heavy (non-hydrogen) atoms. The number of thiophene rings is 1. The van der Waals surface area contributed by atoms with Crippen LogP contribution in [0, 0.1) is 0 Å². The van der Waals surface area contributed by atoms with Gasteiger partial charge < -0.3 is 4.74 Å². The number of hydrogen-bond acceptors (Lipinski definition) is 4. The van der Waals surface area contributed by atoms with Crippen LogP contribution in [0.25, 0.3) is 10.2 Å². The second kappa shape index (κ2) is 3.99. The summed E-state index contributed by atoms with van der Waals surface area (Å²) in [6.07, 6.45) is -4.48. The number of fused-ring (bicyclic) bond motifs is 1. The number of rotatable bonds is 1. The molecule has 0 unspecified atom stereocenters. The first-order valence-electron chi connectivity index (χ1n) is 4.48. The van der Waals surface area contributed by atoms with Gasteiger partial charge in [-0.25, -0.2) is 9.78 Å². The molecule has 0 spiro atoms. The minimum atomic E-state index is -4.48. The number of nitrogens with zero attached hydrogens (tertiary/aromatic N) is 1. The van der Waals surface area contributed by atoms with E-state index in [2.05, 4.69) is 9.72 Å². The second-order valence-corrected chi connectivity index (χ2v) is 4.22. The van der Waals surface area contributed by atoms with E-state index in [1.165, 1.54) is 19.2 Å². The minimum Gasteiger partial charge on any atom is -0.465 e. The number of carbonyl (C=O) groups is 1. The Morgan fingerprint density at radius 3 is 2.71 bits per heavy atom. The predicted octanol–water partition coefficient (Wildman–Crippen LogP) is 3.10. The van der Waals surface area contributed by atoms with Gasteiger partial charge in [0, 0.05) is 5.39 Å². The molecule has 2 aromatic heterocycles. The molecule has 0 fully saturated rings. The third-order valence-electron chi connectivity index (χ3n) is 2.06. The maximum absolute atomic E-state index is 12.4. The Kier molecular flexibility index (Phi) is 2.78. The highest BCUT2D eigenvalue weighted by Crippen LogP contribution is 2.31. The third kappa shape index (κ3) is 2.23. The summed E-state index contributed by atoms with van der Waals surface area (Å²) in [7, 11) is 1.21. The lowest BCUT2D eigenvalue weighted by Gasteiger charge is -2.03. The van der Waals surface area contributed by atoms with Crippen LogP contribution in [-0.4, -0.2) is 18.1 Å². The summed E-state index contributed by atoms with van der Waals surface area (Å²) in [5, 5.41) is 0.489. The summed E-state index contributed by atoms with van der Waals surface area (Å²) in [6, 6.07) is 3.63. The maximum Gasteiger partial charge on any atom is 0.433 e. The first-order valence-corrected chi connectivity index (χ1v) is 5.29. The summed E-state index contributed by atoms with van der Waals surface area (Å²) < 4.78 is 41.7. The zero-order valence-electron chi connectivity index (χ0n) is 8.54. The number of aromatic nitrogens is 1. The first-order chi connectivity index (χ1) is 7.91. The Hall–Kier alpha value is -1.63. The molecule has 0 atom stereocenters. The molecule has 0 saturated heterocycles. The van der Waals surface area contributed by atoms with E-state index in [0.717, 1.165) is 17.4 Å². The molecule has 0 bridgehead atoms. The number of methoxy groups -OCH3 is 1. The van der Waals surface area contributed by atoms with Gasteiger partial charge in [-0.3, -0.25) is 0 Å². The van der Waals surface area contributed by atoms with Crippen molar-refractivity contribution < 1.29 is 22.7 Å². The van der Waals surface area contributed by atoms with Gasteiger partial charge in [-0.05, 0) is 18.2 Å². The van der Waals surface area contributed by atoms with Gasteiger partial charge in [-0.1, -0.05) is 0 Å². The molecule has 3 nitrogen and oxygen atoms in total.